The average Bonchev–Trinajstić information content (AvgIpc) is 2.35. The molecule has 0 aliphatic heterocycles. The molecule has 0 aliphatic carbocycles. The fourth-order valence-corrected chi connectivity index (χ4v) is 2.07. The normalized spacial score (nSPS) is 12.1. The van der Waals surface area contributed by atoms with E-state index >= 15 is 0 Å². The largest absolute Gasteiger partial charge is 0.466 e. The van der Waals surface area contributed by atoms with Gasteiger partial charge in [0, 0.05) is 6.08 Å². The molecule has 0 amide bonds. The molecule has 0 radical (unpaired) electrons. The lowest BCUT2D eigenvalue weighted by Crippen LogP contribution is -2.02. The monoisotopic (exact) mass is 260 g/mol. The van der Waals surface area contributed by atoms with Crippen LogP contribution in [-0.4, -0.2) is 13.1 Å². The van der Waals surface area contributed by atoms with Crippen LogP contribution >= 0.6 is 0 Å². The summed E-state index contributed by atoms with van der Waals surface area (Å²) in [6.45, 7) is 8.59. The number of carbonyl (C=O) groups is 1. The summed E-state index contributed by atoms with van der Waals surface area (Å²) in [5.74, 6) is 0.644. The van der Waals surface area contributed by atoms with E-state index in [4.69, 9.17) is 4.74 Å². The van der Waals surface area contributed by atoms with Crippen LogP contribution in [0.1, 0.15) is 38.8 Å². The van der Waals surface area contributed by atoms with Gasteiger partial charge < -0.3 is 4.74 Å². The van der Waals surface area contributed by atoms with Crippen LogP contribution in [0, 0.1) is 11.8 Å². The molecule has 0 bridgehead atoms. The second kappa shape index (κ2) is 7.13. The Labute approximate surface area is 116 Å². The lowest BCUT2D eigenvalue weighted by Gasteiger charge is -2.13. The van der Waals surface area contributed by atoms with E-state index in [1.165, 1.54) is 12.7 Å². The van der Waals surface area contributed by atoms with Crippen molar-refractivity contribution in [1.29, 1.82) is 0 Å². The third kappa shape index (κ3) is 4.90. The number of allylic oxidation sites excluding steroid dienone is 1. The van der Waals surface area contributed by atoms with Gasteiger partial charge in [0.05, 0.1) is 7.11 Å². The van der Waals surface area contributed by atoms with Gasteiger partial charge in [-0.1, -0.05) is 52.0 Å². The highest BCUT2D eigenvalue weighted by atomic mass is 16.5. The third-order valence-corrected chi connectivity index (χ3v) is 3.03. The summed E-state index contributed by atoms with van der Waals surface area (Å²) in [4.78, 5) is 11.4. The van der Waals surface area contributed by atoms with Crippen molar-refractivity contribution in [3.8, 4) is 0 Å². The number of hydrogen-bond donors (Lipinski definition) is 0. The molecule has 0 saturated heterocycles. The highest BCUT2D eigenvalue weighted by Crippen LogP contribution is 2.24. The van der Waals surface area contributed by atoms with Crippen LogP contribution in [0.25, 0.3) is 5.57 Å². The van der Waals surface area contributed by atoms with Gasteiger partial charge in [0.1, 0.15) is 0 Å². The van der Waals surface area contributed by atoms with E-state index in [0.717, 1.165) is 17.6 Å². The number of ether oxygens (including phenoxy) is 1. The molecular weight excluding hydrogens is 236 g/mol. The number of benzene rings is 1. The third-order valence-electron chi connectivity index (χ3n) is 3.03. The molecule has 0 aromatic heterocycles. The summed E-state index contributed by atoms with van der Waals surface area (Å²) >= 11 is 0. The van der Waals surface area contributed by atoms with Crippen LogP contribution in [0.15, 0.2) is 30.3 Å². The molecule has 0 spiro atoms. The Balaban J connectivity index is 2.98. The Bertz CT molecular complexity index is 439. The van der Waals surface area contributed by atoms with E-state index in [-0.39, 0.29) is 11.9 Å². The van der Waals surface area contributed by atoms with Gasteiger partial charge in [-0.15, -0.1) is 0 Å². The van der Waals surface area contributed by atoms with Crippen LogP contribution in [0.5, 0.6) is 0 Å². The molecule has 0 saturated carbocycles. The van der Waals surface area contributed by atoms with Gasteiger partial charge >= 0.3 is 5.97 Å². The predicted molar refractivity (Wildman–Crippen MR) is 79.8 cm³/mol. The summed E-state index contributed by atoms with van der Waals surface area (Å²) in [6, 6.07) is 8.46. The summed E-state index contributed by atoms with van der Waals surface area (Å²) in [5, 5.41) is 0. The zero-order valence-electron chi connectivity index (χ0n) is 12.6. The van der Waals surface area contributed by atoms with E-state index in [9.17, 15) is 4.79 Å². The van der Waals surface area contributed by atoms with Crippen molar-refractivity contribution >= 4 is 11.5 Å². The number of rotatable bonds is 5. The van der Waals surface area contributed by atoms with Crippen LogP contribution in [0.4, 0.5) is 0 Å². The van der Waals surface area contributed by atoms with Gasteiger partial charge in [-0.25, -0.2) is 4.79 Å². The first-order valence-corrected chi connectivity index (χ1v) is 6.83. The molecule has 0 aliphatic rings. The number of carbonyl (C=O) groups excluding carboxylic acids is 1. The zero-order chi connectivity index (χ0) is 14.4. The fourth-order valence-electron chi connectivity index (χ4n) is 2.07. The summed E-state index contributed by atoms with van der Waals surface area (Å²) in [7, 11) is 1.41. The Morgan fingerprint density at radius 2 is 1.74 bits per heavy atom. The second-order valence-corrected chi connectivity index (χ2v) is 5.57. The lowest BCUT2D eigenvalue weighted by atomic mass is 9.93. The summed E-state index contributed by atoms with van der Waals surface area (Å²) in [6.07, 6.45) is 2.67. The highest BCUT2D eigenvalue weighted by Gasteiger charge is 2.09. The minimum Gasteiger partial charge on any atom is -0.466 e. The van der Waals surface area contributed by atoms with Gasteiger partial charge in [-0.05, 0) is 35.0 Å². The van der Waals surface area contributed by atoms with E-state index in [0.29, 0.717) is 5.92 Å². The number of hydrogen-bond acceptors (Lipinski definition) is 2. The molecule has 2 nitrogen and oxygen atoms in total. The smallest absolute Gasteiger partial charge is 0.330 e. The van der Waals surface area contributed by atoms with Crippen molar-refractivity contribution < 1.29 is 9.53 Å². The van der Waals surface area contributed by atoms with Gasteiger partial charge in [-0.2, -0.15) is 0 Å². The van der Waals surface area contributed by atoms with Crippen molar-refractivity contribution in [3.63, 3.8) is 0 Å². The molecule has 0 heterocycles. The maximum absolute atomic E-state index is 11.4. The van der Waals surface area contributed by atoms with E-state index in [2.05, 4.69) is 52.0 Å². The quantitative estimate of drug-likeness (QED) is 0.588. The molecule has 2 heteroatoms. The van der Waals surface area contributed by atoms with Gasteiger partial charge in [0.15, 0.2) is 0 Å². The number of methoxy groups -OCH3 is 1. The Morgan fingerprint density at radius 1 is 1.16 bits per heavy atom. The van der Waals surface area contributed by atoms with Gasteiger partial charge in [-0.3, -0.25) is 0 Å². The minimum absolute atomic E-state index is 0.287. The molecule has 0 unspecified atom stereocenters. The second-order valence-electron chi connectivity index (χ2n) is 5.57. The standard InChI is InChI=1S/C17H24O2/c1-12(2)10-14-6-8-15(9-7-14)16(13(3)4)11-17(18)19-5/h6-9,11-13H,10H2,1-5H3. The van der Waals surface area contributed by atoms with E-state index in [1.54, 1.807) is 6.08 Å². The summed E-state index contributed by atoms with van der Waals surface area (Å²) in [5.41, 5.74) is 3.44. The van der Waals surface area contributed by atoms with E-state index in [1.807, 2.05) is 0 Å². The first-order chi connectivity index (χ1) is 8.93. The van der Waals surface area contributed by atoms with Crippen molar-refractivity contribution in [3.05, 3.63) is 41.5 Å². The van der Waals surface area contributed by atoms with Crippen molar-refractivity contribution in [1.82, 2.24) is 0 Å². The van der Waals surface area contributed by atoms with Crippen molar-refractivity contribution in [2.45, 2.75) is 34.1 Å². The Kier molecular flexibility index (Phi) is 5.81. The SMILES string of the molecule is COC(=O)C=C(c1ccc(CC(C)C)cc1)C(C)C. The van der Waals surface area contributed by atoms with Crippen LogP contribution in [-0.2, 0) is 16.0 Å². The Hall–Kier alpha value is -1.57. The van der Waals surface area contributed by atoms with Crippen molar-refractivity contribution in [2.75, 3.05) is 7.11 Å². The van der Waals surface area contributed by atoms with Gasteiger partial charge in [0.2, 0.25) is 0 Å². The molecule has 0 atom stereocenters. The molecule has 19 heavy (non-hydrogen) atoms. The average molecular weight is 260 g/mol. The first kappa shape index (κ1) is 15.5. The molecule has 1 aromatic carbocycles. The van der Waals surface area contributed by atoms with Crippen LogP contribution < -0.4 is 0 Å². The molecule has 0 fully saturated rings. The lowest BCUT2D eigenvalue weighted by molar-refractivity contribution is -0.134. The zero-order valence-corrected chi connectivity index (χ0v) is 12.6. The minimum atomic E-state index is -0.296. The predicted octanol–water partition coefficient (Wildman–Crippen LogP) is 4.10. The molecule has 104 valence electrons. The van der Waals surface area contributed by atoms with Crippen LogP contribution in [0.3, 0.4) is 0 Å². The first-order valence-electron chi connectivity index (χ1n) is 6.83. The molecule has 1 aromatic rings. The summed E-state index contributed by atoms with van der Waals surface area (Å²) < 4.78 is 4.71. The van der Waals surface area contributed by atoms with Crippen molar-refractivity contribution in [2.24, 2.45) is 11.8 Å². The number of esters is 1. The molecular formula is C17H24O2. The Morgan fingerprint density at radius 3 is 2.16 bits per heavy atom. The maximum Gasteiger partial charge on any atom is 0.330 e. The van der Waals surface area contributed by atoms with E-state index < -0.39 is 0 Å². The topological polar surface area (TPSA) is 26.3 Å². The van der Waals surface area contributed by atoms with Gasteiger partial charge in [0.25, 0.3) is 0 Å². The van der Waals surface area contributed by atoms with Crippen LogP contribution in [0.2, 0.25) is 0 Å². The maximum atomic E-state index is 11.4. The molecule has 0 N–H and O–H groups in total. The molecule has 1 rings (SSSR count). The fraction of sp³-hybridized carbons (Fsp3) is 0.471. The highest BCUT2D eigenvalue weighted by molar-refractivity contribution is 5.91.